The lowest BCUT2D eigenvalue weighted by Crippen LogP contribution is -2.25. The van der Waals surface area contributed by atoms with Crippen molar-refractivity contribution in [3.05, 3.63) is 53.5 Å². The van der Waals surface area contributed by atoms with E-state index in [2.05, 4.69) is 15.5 Å². The highest BCUT2D eigenvalue weighted by atomic mass is 32.2. The Bertz CT molecular complexity index is 1000. The van der Waals surface area contributed by atoms with Crippen molar-refractivity contribution < 1.29 is 18.4 Å². The van der Waals surface area contributed by atoms with Gasteiger partial charge in [-0.1, -0.05) is 23.9 Å². The summed E-state index contributed by atoms with van der Waals surface area (Å²) in [4.78, 5) is 23.4. The van der Waals surface area contributed by atoms with Crippen LogP contribution in [0.2, 0.25) is 0 Å². The van der Waals surface area contributed by atoms with Crippen LogP contribution in [0.4, 0.5) is 4.39 Å². The summed E-state index contributed by atoms with van der Waals surface area (Å²) in [6, 6.07) is 8.28. The Morgan fingerprint density at radius 2 is 2.14 bits per heavy atom. The maximum absolute atomic E-state index is 13.6. The minimum atomic E-state index is -0.455. The van der Waals surface area contributed by atoms with E-state index in [0.717, 1.165) is 0 Å². The molecular formula is C19H20FN5O3S. The van der Waals surface area contributed by atoms with E-state index in [0.29, 0.717) is 27.9 Å². The van der Waals surface area contributed by atoms with Crippen molar-refractivity contribution in [2.24, 2.45) is 5.73 Å². The number of carbonyl (C=O) groups is 2. The highest BCUT2D eigenvalue weighted by Crippen LogP contribution is 2.24. The molecule has 0 saturated carbocycles. The van der Waals surface area contributed by atoms with Gasteiger partial charge >= 0.3 is 0 Å². The van der Waals surface area contributed by atoms with Gasteiger partial charge in [0.2, 0.25) is 11.8 Å². The number of rotatable bonds is 9. The molecule has 0 unspecified atom stereocenters. The number of thioether (sulfide) groups is 1. The van der Waals surface area contributed by atoms with Crippen LogP contribution in [0.5, 0.6) is 0 Å². The monoisotopic (exact) mass is 417 g/mol. The Morgan fingerprint density at radius 3 is 2.83 bits per heavy atom. The average Bonchev–Trinajstić information content (AvgIpc) is 3.35. The first-order valence-electron chi connectivity index (χ1n) is 8.84. The van der Waals surface area contributed by atoms with E-state index < -0.39 is 5.91 Å². The molecule has 3 rings (SSSR count). The van der Waals surface area contributed by atoms with Crippen LogP contribution in [0.15, 0.2) is 46.2 Å². The molecule has 0 atom stereocenters. The number of nitrogens with zero attached hydrogens (tertiary/aromatic N) is 3. The van der Waals surface area contributed by atoms with Crippen molar-refractivity contribution in [3.8, 4) is 11.6 Å². The smallest absolute Gasteiger partial charge is 0.230 e. The molecule has 3 N–H and O–H groups in total. The van der Waals surface area contributed by atoms with Crippen molar-refractivity contribution >= 4 is 23.6 Å². The molecule has 0 aliphatic carbocycles. The van der Waals surface area contributed by atoms with E-state index in [9.17, 15) is 14.0 Å². The van der Waals surface area contributed by atoms with Crippen LogP contribution >= 0.6 is 11.8 Å². The number of nitrogens with one attached hydrogen (secondary N) is 1. The Balaban J connectivity index is 1.62. The molecule has 0 bridgehead atoms. The van der Waals surface area contributed by atoms with Crippen LogP contribution in [-0.4, -0.2) is 32.3 Å². The number of furan rings is 1. The largest absolute Gasteiger partial charge is 0.461 e. The van der Waals surface area contributed by atoms with Gasteiger partial charge in [0.1, 0.15) is 5.82 Å². The fourth-order valence-electron chi connectivity index (χ4n) is 2.54. The third-order valence-corrected chi connectivity index (χ3v) is 5.07. The lowest BCUT2D eigenvalue weighted by Gasteiger charge is -2.09. The van der Waals surface area contributed by atoms with E-state index in [-0.39, 0.29) is 37.0 Å². The van der Waals surface area contributed by atoms with Gasteiger partial charge in [-0.3, -0.25) is 14.2 Å². The summed E-state index contributed by atoms with van der Waals surface area (Å²) in [6.45, 7) is 2.17. The number of nitrogens with two attached hydrogens (primary N) is 1. The number of primary amides is 1. The third-order valence-electron chi connectivity index (χ3n) is 4.10. The van der Waals surface area contributed by atoms with Gasteiger partial charge in [-0.25, -0.2) is 4.39 Å². The fraction of sp³-hybridized carbons (Fsp3) is 0.263. The molecule has 0 fully saturated rings. The van der Waals surface area contributed by atoms with Crippen LogP contribution in [0.1, 0.15) is 17.5 Å². The predicted molar refractivity (Wildman–Crippen MR) is 105 cm³/mol. The minimum absolute atomic E-state index is 0.0845. The maximum atomic E-state index is 13.6. The standard InChI is InChI=1S/C19H20FN5O3S/c1-12-4-5-13(9-14(12)20)10-22-17(27)11-29-19-24-23-18(15-3-2-8-28-15)25(19)7-6-16(21)26/h2-5,8-9H,6-7,10-11H2,1H3,(H2,21,26)(H,22,27). The van der Waals surface area contributed by atoms with Gasteiger partial charge in [-0.15, -0.1) is 10.2 Å². The van der Waals surface area contributed by atoms with Crippen molar-refractivity contribution in [3.63, 3.8) is 0 Å². The highest BCUT2D eigenvalue weighted by Gasteiger charge is 2.18. The second-order valence-corrected chi connectivity index (χ2v) is 7.24. The Hall–Kier alpha value is -3.14. The third kappa shape index (κ3) is 5.44. The molecule has 1 aromatic carbocycles. The molecule has 2 amide bonds. The molecule has 0 aliphatic rings. The van der Waals surface area contributed by atoms with Crippen LogP contribution in [-0.2, 0) is 22.7 Å². The first-order valence-corrected chi connectivity index (χ1v) is 9.82. The summed E-state index contributed by atoms with van der Waals surface area (Å²) in [5.74, 6) is 0.0393. The van der Waals surface area contributed by atoms with Gasteiger partial charge in [0.05, 0.1) is 12.0 Å². The van der Waals surface area contributed by atoms with Crippen molar-refractivity contribution in [1.29, 1.82) is 0 Å². The van der Waals surface area contributed by atoms with E-state index in [1.807, 2.05) is 0 Å². The molecular weight excluding hydrogens is 397 g/mol. The first-order chi connectivity index (χ1) is 13.9. The molecule has 0 saturated heterocycles. The molecule has 3 aromatic rings. The summed E-state index contributed by atoms with van der Waals surface area (Å²) in [6.07, 6.45) is 1.61. The number of aromatic nitrogens is 3. The van der Waals surface area contributed by atoms with Crippen LogP contribution in [0.25, 0.3) is 11.6 Å². The average molecular weight is 417 g/mol. The second kappa shape index (κ2) is 9.37. The van der Waals surface area contributed by atoms with Gasteiger partial charge in [0.25, 0.3) is 0 Å². The van der Waals surface area contributed by atoms with Gasteiger partial charge in [0, 0.05) is 19.5 Å². The topological polar surface area (TPSA) is 116 Å². The Labute approximate surface area is 170 Å². The number of carbonyl (C=O) groups excluding carboxylic acids is 2. The summed E-state index contributed by atoms with van der Waals surface area (Å²) in [5.41, 5.74) is 6.48. The van der Waals surface area contributed by atoms with Gasteiger partial charge < -0.3 is 15.5 Å². The molecule has 2 aromatic heterocycles. The fourth-order valence-corrected chi connectivity index (χ4v) is 3.33. The zero-order valence-corrected chi connectivity index (χ0v) is 16.5. The van der Waals surface area contributed by atoms with E-state index in [1.54, 1.807) is 35.8 Å². The molecule has 0 aliphatic heterocycles. The number of amides is 2. The molecule has 0 radical (unpaired) electrons. The number of aryl methyl sites for hydroxylation is 1. The van der Waals surface area contributed by atoms with Crippen LogP contribution in [0, 0.1) is 12.7 Å². The van der Waals surface area contributed by atoms with Gasteiger partial charge in [-0.05, 0) is 36.2 Å². The summed E-state index contributed by atoms with van der Waals surface area (Å²) >= 11 is 1.18. The van der Waals surface area contributed by atoms with Crippen molar-refractivity contribution in [2.75, 3.05) is 5.75 Å². The van der Waals surface area contributed by atoms with Crippen molar-refractivity contribution in [1.82, 2.24) is 20.1 Å². The molecule has 2 heterocycles. The quantitative estimate of drug-likeness (QED) is 0.516. The highest BCUT2D eigenvalue weighted by molar-refractivity contribution is 7.99. The van der Waals surface area contributed by atoms with E-state index in [4.69, 9.17) is 10.2 Å². The summed E-state index contributed by atoms with van der Waals surface area (Å²) in [7, 11) is 0. The summed E-state index contributed by atoms with van der Waals surface area (Å²) in [5, 5.41) is 11.4. The molecule has 0 spiro atoms. The second-order valence-electron chi connectivity index (χ2n) is 6.30. The van der Waals surface area contributed by atoms with Crippen molar-refractivity contribution in [2.45, 2.75) is 31.6 Å². The normalized spacial score (nSPS) is 10.8. The number of hydrogen-bond donors (Lipinski definition) is 2. The SMILES string of the molecule is Cc1ccc(CNC(=O)CSc2nnc(-c3ccco3)n2CCC(N)=O)cc1F. The zero-order valence-electron chi connectivity index (χ0n) is 15.7. The number of benzene rings is 1. The maximum Gasteiger partial charge on any atom is 0.230 e. The lowest BCUT2D eigenvalue weighted by atomic mass is 10.1. The van der Waals surface area contributed by atoms with Crippen LogP contribution < -0.4 is 11.1 Å². The predicted octanol–water partition coefficient (Wildman–Crippen LogP) is 2.27. The molecule has 29 heavy (non-hydrogen) atoms. The molecule has 10 heteroatoms. The Kier molecular flexibility index (Phi) is 6.65. The number of halogens is 1. The molecule has 152 valence electrons. The van der Waals surface area contributed by atoms with Gasteiger partial charge in [-0.2, -0.15) is 0 Å². The van der Waals surface area contributed by atoms with E-state index >= 15 is 0 Å². The molecule has 8 nitrogen and oxygen atoms in total. The summed E-state index contributed by atoms with van der Waals surface area (Å²) < 4.78 is 20.6. The first kappa shape index (κ1) is 20.6. The van der Waals surface area contributed by atoms with E-state index in [1.165, 1.54) is 24.1 Å². The Morgan fingerprint density at radius 1 is 1.31 bits per heavy atom. The minimum Gasteiger partial charge on any atom is -0.461 e. The van der Waals surface area contributed by atoms with Gasteiger partial charge in [0.15, 0.2) is 16.7 Å². The zero-order chi connectivity index (χ0) is 20.8. The van der Waals surface area contributed by atoms with Crippen LogP contribution in [0.3, 0.4) is 0 Å². The number of hydrogen-bond acceptors (Lipinski definition) is 6. The lowest BCUT2D eigenvalue weighted by molar-refractivity contribution is -0.119.